The summed E-state index contributed by atoms with van der Waals surface area (Å²) in [7, 11) is -1.96. The number of carbonyl (C=O) groups is 1. The van der Waals surface area contributed by atoms with Crippen molar-refractivity contribution in [2.75, 3.05) is 33.4 Å². The van der Waals surface area contributed by atoms with Crippen molar-refractivity contribution in [3.8, 4) is 11.5 Å². The maximum absolute atomic E-state index is 13.6. The third-order valence-corrected chi connectivity index (χ3v) is 9.82. The molecule has 2 heterocycles. The summed E-state index contributed by atoms with van der Waals surface area (Å²) in [5.74, 6) is 1.25. The number of aryl methyl sites for hydroxylation is 1. The average Bonchev–Trinajstić information content (AvgIpc) is 2.98. The Morgan fingerprint density at radius 2 is 1.63 bits per heavy atom. The van der Waals surface area contributed by atoms with Gasteiger partial charge >= 0.3 is 0 Å². The van der Waals surface area contributed by atoms with Crippen molar-refractivity contribution in [1.29, 1.82) is 0 Å². The molecule has 0 aromatic heterocycles. The number of hydrogen-bond acceptors (Lipinski definition) is 5. The van der Waals surface area contributed by atoms with Crippen molar-refractivity contribution >= 4 is 15.9 Å². The van der Waals surface area contributed by atoms with E-state index in [9.17, 15) is 13.2 Å². The van der Waals surface area contributed by atoms with E-state index in [-0.39, 0.29) is 22.8 Å². The first-order valence-electron chi connectivity index (χ1n) is 14.4. The molecule has 2 aliphatic rings. The Balaban J connectivity index is 1.33. The number of quaternary nitrogens is 1. The number of nitrogens with two attached hydrogens (primary N) is 1. The van der Waals surface area contributed by atoms with E-state index >= 15 is 0 Å². The van der Waals surface area contributed by atoms with Crippen molar-refractivity contribution < 1.29 is 28.0 Å². The molecule has 0 bridgehead atoms. The fourth-order valence-corrected chi connectivity index (χ4v) is 7.38. The van der Waals surface area contributed by atoms with E-state index in [1.807, 2.05) is 48.6 Å². The van der Waals surface area contributed by atoms with Crippen molar-refractivity contribution in [3.05, 3.63) is 89.5 Å². The number of carbonyl (C=O) groups excluding carboxylic acids is 1. The summed E-state index contributed by atoms with van der Waals surface area (Å²) in [6, 6.07) is 22.6. The van der Waals surface area contributed by atoms with Crippen molar-refractivity contribution in [1.82, 2.24) is 10.0 Å². The number of fused-ring (bicyclic) bond motifs is 2. The Morgan fingerprint density at radius 3 is 2.29 bits per heavy atom. The number of rotatable bonds is 11. The standard InChI is InChI=1S/C32H39N3O5S/c1-23-13-15-26(16-14-23)41(37,38)35-25-19-24(20-33-21-25)31(36)34-22-32(17-7-8-18-39-2)27-9-3-5-11-29(27)40-30-12-6-4-10-28(30)32/h3-6,9-16,24-25,33,35H,7-8,17-22H2,1-2H3,(H,34,36)/p+1/t24-,25+/m0/s1. The van der Waals surface area contributed by atoms with Gasteiger partial charge in [0, 0.05) is 36.8 Å². The molecular formula is C32H40N3O5S+. The summed E-state index contributed by atoms with van der Waals surface area (Å²) in [4.78, 5) is 13.9. The summed E-state index contributed by atoms with van der Waals surface area (Å²) in [5, 5.41) is 5.31. The van der Waals surface area contributed by atoms with Crippen LogP contribution in [0.3, 0.4) is 0 Å². The average molecular weight is 579 g/mol. The number of unbranched alkanes of at least 4 members (excludes halogenated alkanes) is 1. The molecule has 9 heteroatoms. The zero-order valence-corrected chi connectivity index (χ0v) is 24.6. The van der Waals surface area contributed by atoms with Crippen LogP contribution in [0.4, 0.5) is 0 Å². The van der Waals surface area contributed by atoms with Gasteiger partial charge in [0.25, 0.3) is 0 Å². The second kappa shape index (κ2) is 12.7. The summed E-state index contributed by atoms with van der Waals surface area (Å²) in [6.07, 6.45) is 3.11. The largest absolute Gasteiger partial charge is 0.457 e. The normalized spacial score (nSPS) is 19.5. The van der Waals surface area contributed by atoms with Crippen LogP contribution in [-0.2, 0) is 25.0 Å². The number of sulfonamides is 1. The highest BCUT2D eigenvalue weighted by Gasteiger charge is 2.42. The molecule has 2 atom stereocenters. The van der Waals surface area contributed by atoms with Gasteiger partial charge in [0.05, 0.1) is 29.9 Å². The number of methoxy groups -OCH3 is 1. The number of nitrogens with one attached hydrogen (secondary N) is 2. The minimum absolute atomic E-state index is 0.0572. The highest BCUT2D eigenvalue weighted by Crippen LogP contribution is 2.50. The van der Waals surface area contributed by atoms with Gasteiger partial charge in [-0.25, -0.2) is 13.1 Å². The van der Waals surface area contributed by atoms with Crippen LogP contribution in [-0.4, -0.2) is 53.7 Å². The molecule has 41 heavy (non-hydrogen) atoms. The van der Waals surface area contributed by atoms with Crippen LogP contribution in [0.25, 0.3) is 0 Å². The van der Waals surface area contributed by atoms with E-state index in [1.165, 1.54) is 0 Å². The van der Waals surface area contributed by atoms with Gasteiger partial charge in [-0.05, 0) is 56.9 Å². The van der Waals surface area contributed by atoms with Gasteiger partial charge in [-0.3, -0.25) is 4.79 Å². The number of para-hydroxylation sites is 2. The van der Waals surface area contributed by atoms with Crippen LogP contribution in [0.2, 0.25) is 0 Å². The lowest BCUT2D eigenvalue weighted by Crippen LogP contribution is -2.91. The fraction of sp³-hybridized carbons (Fsp3) is 0.406. The fourth-order valence-electron chi connectivity index (χ4n) is 6.12. The first kappa shape index (κ1) is 29.3. The summed E-state index contributed by atoms with van der Waals surface area (Å²) in [5.41, 5.74) is 2.67. The van der Waals surface area contributed by atoms with Crippen molar-refractivity contribution in [2.45, 2.75) is 49.0 Å². The highest BCUT2D eigenvalue weighted by atomic mass is 32.2. The molecule has 1 fully saturated rings. The number of benzene rings is 3. The van der Waals surface area contributed by atoms with Crippen LogP contribution in [0.1, 0.15) is 42.4 Å². The molecule has 5 rings (SSSR count). The molecular weight excluding hydrogens is 538 g/mol. The number of hydrogen-bond donors (Lipinski definition) is 3. The van der Waals surface area contributed by atoms with Gasteiger partial charge in [-0.1, -0.05) is 54.1 Å². The molecule has 0 spiro atoms. The van der Waals surface area contributed by atoms with E-state index in [4.69, 9.17) is 9.47 Å². The van der Waals surface area contributed by atoms with E-state index < -0.39 is 15.4 Å². The molecule has 0 unspecified atom stereocenters. The van der Waals surface area contributed by atoms with Gasteiger partial charge < -0.3 is 20.1 Å². The smallest absolute Gasteiger partial charge is 0.241 e. The second-order valence-electron chi connectivity index (χ2n) is 11.2. The molecule has 8 nitrogen and oxygen atoms in total. The summed E-state index contributed by atoms with van der Waals surface area (Å²) < 4.78 is 40.4. The Bertz CT molecular complexity index is 1410. The van der Waals surface area contributed by atoms with Crippen molar-refractivity contribution in [2.24, 2.45) is 5.92 Å². The first-order valence-corrected chi connectivity index (χ1v) is 15.8. The highest BCUT2D eigenvalue weighted by molar-refractivity contribution is 7.89. The maximum atomic E-state index is 13.6. The second-order valence-corrected chi connectivity index (χ2v) is 12.9. The SMILES string of the molecule is COCCCCC1(CNC(=O)[C@@H]2C[NH2+]C[C@H](NS(=O)(=O)c3ccc(C)cc3)C2)c2ccccc2Oc2ccccc21. The van der Waals surface area contributed by atoms with Crippen molar-refractivity contribution in [3.63, 3.8) is 0 Å². The predicted octanol–water partition coefficient (Wildman–Crippen LogP) is 3.25. The van der Waals surface area contributed by atoms with Gasteiger partial charge in [0.15, 0.2) is 0 Å². The molecule has 2 aliphatic heterocycles. The maximum Gasteiger partial charge on any atom is 0.241 e. The van der Waals surface area contributed by atoms with Gasteiger partial charge in [-0.2, -0.15) is 0 Å². The Labute approximate surface area is 242 Å². The lowest BCUT2D eigenvalue weighted by atomic mass is 9.69. The number of piperidine rings is 1. The third-order valence-electron chi connectivity index (χ3n) is 8.29. The van der Waals surface area contributed by atoms with E-state index in [2.05, 4.69) is 22.2 Å². The van der Waals surface area contributed by atoms with Crippen LogP contribution in [0, 0.1) is 12.8 Å². The third kappa shape index (κ3) is 6.48. The zero-order chi connectivity index (χ0) is 28.9. The number of amides is 1. The first-order chi connectivity index (χ1) is 19.8. The van der Waals surface area contributed by atoms with Gasteiger partial charge in [-0.15, -0.1) is 0 Å². The lowest BCUT2D eigenvalue weighted by Gasteiger charge is -2.41. The molecule has 4 N–H and O–H groups in total. The molecule has 1 saturated heterocycles. The van der Waals surface area contributed by atoms with Gasteiger partial charge in [0.2, 0.25) is 15.9 Å². The van der Waals surface area contributed by atoms with Crippen LogP contribution in [0.5, 0.6) is 11.5 Å². The minimum atomic E-state index is -3.67. The topological polar surface area (TPSA) is 110 Å². The van der Waals surface area contributed by atoms with E-state index in [0.29, 0.717) is 32.7 Å². The molecule has 1 amide bonds. The van der Waals surface area contributed by atoms with Crippen LogP contribution in [0.15, 0.2) is 77.7 Å². The number of ether oxygens (including phenoxy) is 2. The van der Waals surface area contributed by atoms with Gasteiger partial charge in [0.1, 0.15) is 11.5 Å². The lowest BCUT2D eigenvalue weighted by molar-refractivity contribution is -0.668. The molecule has 3 aromatic carbocycles. The van der Waals surface area contributed by atoms with Crippen LogP contribution >= 0.6 is 0 Å². The Kier molecular flexibility index (Phi) is 9.09. The molecule has 0 aliphatic carbocycles. The quantitative estimate of drug-likeness (QED) is 0.303. The zero-order valence-electron chi connectivity index (χ0n) is 23.8. The van der Waals surface area contributed by atoms with Crippen LogP contribution < -0.4 is 20.1 Å². The molecule has 218 valence electrons. The predicted molar refractivity (Wildman–Crippen MR) is 158 cm³/mol. The Hall–Kier alpha value is -3.24. The van der Waals surface area contributed by atoms with E-state index in [0.717, 1.165) is 47.5 Å². The Morgan fingerprint density at radius 1 is 0.976 bits per heavy atom. The van der Waals surface area contributed by atoms with E-state index in [1.54, 1.807) is 31.4 Å². The monoisotopic (exact) mass is 578 g/mol. The molecule has 0 saturated carbocycles. The summed E-state index contributed by atoms with van der Waals surface area (Å²) >= 11 is 0. The summed E-state index contributed by atoms with van der Waals surface area (Å²) in [6.45, 7) is 4.24. The minimum Gasteiger partial charge on any atom is -0.457 e. The molecule has 0 radical (unpaired) electrons. The molecule has 3 aromatic rings.